The maximum Gasteiger partial charge on any atom is 0.264 e. The predicted molar refractivity (Wildman–Crippen MR) is 150 cm³/mol. The number of nitrogens with one attached hydrogen (secondary N) is 1. The van der Waals surface area contributed by atoms with Gasteiger partial charge in [0.25, 0.3) is 10.0 Å². The highest BCUT2D eigenvalue weighted by Crippen LogP contribution is 2.30. The molecule has 10 heteroatoms. The van der Waals surface area contributed by atoms with E-state index < -0.39 is 10.0 Å². The highest BCUT2D eigenvalue weighted by molar-refractivity contribution is 7.92. The quantitative estimate of drug-likeness (QED) is 0.326. The number of piperazine rings is 1. The molecule has 1 aliphatic rings. The van der Waals surface area contributed by atoms with Crippen LogP contribution in [-0.4, -0.2) is 61.1 Å². The van der Waals surface area contributed by atoms with E-state index in [0.29, 0.717) is 34.0 Å². The van der Waals surface area contributed by atoms with E-state index in [-0.39, 0.29) is 10.7 Å². The van der Waals surface area contributed by atoms with Crippen molar-refractivity contribution in [2.24, 2.45) is 4.99 Å². The molecule has 0 radical (unpaired) electrons. The zero-order chi connectivity index (χ0) is 26.4. The lowest BCUT2D eigenvalue weighted by Crippen LogP contribution is -2.48. The first-order valence-corrected chi connectivity index (χ1v) is 13.7. The third-order valence-electron chi connectivity index (χ3n) is 6.12. The summed E-state index contributed by atoms with van der Waals surface area (Å²) in [4.78, 5) is 12.8. The Morgan fingerprint density at radius 1 is 1.16 bits per heavy atom. The van der Waals surface area contributed by atoms with E-state index in [1.54, 1.807) is 42.6 Å². The van der Waals surface area contributed by atoms with Crippen LogP contribution in [0.15, 0.2) is 76.9 Å². The minimum absolute atomic E-state index is 0.0576. The topological polar surface area (TPSA) is 77.9 Å². The largest absolute Gasteiger partial charge is 0.360 e. The van der Waals surface area contributed by atoms with Crippen LogP contribution in [0.3, 0.4) is 0 Å². The molecule has 3 aromatic rings. The molecule has 0 amide bonds. The van der Waals surface area contributed by atoms with Crippen molar-refractivity contribution < 1.29 is 12.8 Å². The molecule has 7 nitrogen and oxygen atoms in total. The minimum atomic E-state index is -3.88. The fourth-order valence-corrected chi connectivity index (χ4v) is 5.76. The number of sulfonamides is 1. The van der Waals surface area contributed by atoms with Gasteiger partial charge in [0.15, 0.2) is 0 Å². The standard InChI is InChI=1S/C27H28FN5O2S2/c1-3-5-20-6-4-7-25(26(20)29-2)37(34,35)31-23-10-8-21(9-11-23)27(36)33-16-14-32(15-17-33)19-22-12-13-30-18-24(22)28/h3-13,18,31H,2,14-17,19H2,1H3/b5-3-. The van der Waals surface area contributed by atoms with Gasteiger partial charge >= 0.3 is 0 Å². The number of halogens is 1. The Kier molecular flexibility index (Phi) is 8.42. The molecular formula is C27H28FN5O2S2. The van der Waals surface area contributed by atoms with Crippen LogP contribution in [0.2, 0.25) is 0 Å². The normalized spacial score (nSPS) is 14.6. The molecule has 0 bridgehead atoms. The number of hydrogen-bond donors (Lipinski definition) is 1. The first-order chi connectivity index (χ1) is 17.8. The number of benzene rings is 2. The van der Waals surface area contributed by atoms with E-state index in [2.05, 4.69) is 31.2 Å². The summed E-state index contributed by atoms with van der Waals surface area (Å²) >= 11 is 5.71. The van der Waals surface area contributed by atoms with Gasteiger partial charge < -0.3 is 4.90 Å². The lowest BCUT2D eigenvalue weighted by molar-refractivity contribution is 0.175. The number of anilines is 1. The van der Waals surface area contributed by atoms with Gasteiger partial charge in [-0.25, -0.2) is 12.8 Å². The summed E-state index contributed by atoms with van der Waals surface area (Å²) < 4.78 is 42.7. The van der Waals surface area contributed by atoms with Crippen molar-refractivity contribution >= 4 is 51.4 Å². The molecule has 4 rings (SSSR count). The molecule has 0 spiro atoms. The van der Waals surface area contributed by atoms with Crippen molar-refractivity contribution in [2.45, 2.75) is 18.4 Å². The Bertz CT molecular complexity index is 1420. The van der Waals surface area contributed by atoms with Crippen LogP contribution >= 0.6 is 12.2 Å². The molecule has 192 valence electrons. The molecule has 1 aliphatic heterocycles. The molecule has 37 heavy (non-hydrogen) atoms. The summed E-state index contributed by atoms with van der Waals surface area (Å²) in [5.74, 6) is -0.293. The summed E-state index contributed by atoms with van der Waals surface area (Å²) in [7, 11) is -3.88. The van der Waals surface area contributed by atoms with Gasteiger partial charge in [-0.2, -0.15) is 0 Å². The van der Waals surface area contributed by atoms with Gasteiger partial charge in [0.1, 0.15) is 15.7 Å². The van der Waals surface area contributed by atoms with Gasteiger partial charge in [-0.15, -0.1) is 0 Å². The lowest BCUT2D eigenvalue weighted by atomic mass is 10.1. The zero-order valence-corrected chi connectivity index (χ0v) is 22.1. The second-order valence-corrected chi connectivity index (χ2v) is 10.6. The van der Waals surface area contributed by atoms with Crippen LogP contribution in [0, 0.1) is 5.82 Å². The fraction of sp³-hybridized carbons (Fsp3) is 0.222. The van der Waals surface area contributed by atoms with Crippen LogP contribution in [0.1, 0.15) is 23.6 Å². The van der Waals surface area contributed by atoms with Gasteiger partial charge in [0.05, 0.1) is 11.9 Å². The third-order valence-corrected chi connectivity index (χ3v) is 8.02. The van der Waals surface area contributed by atoms with Crippen molar-refractivity contribution in [2.75, 3.05) is 30.9 Å². The summed E-state index contributed by atoms with van der Waals surface area (Å²) in [5, 5.41) is 0. The van der Waals surface area contributed by atoms with Gasteiger partial charge in [0.2, 0.25) is 0 Å². The molecule has 2 aromatic carbocycles. The summed E-state index contributed by atoms with van der Waals surface area (Å²) in [5.41, 5.74) is 2.86. The molecular weight excluding hydrogens is 509 g/mol. The summed E-state index contributed by atoms with van der Waals surface area (Å²) in [6, 6.07) is 13.7. The Hall–Kier alpha value is -3.47. The van der Waals surface area contributed by atoms with Crippen molar-refractivity contribution in [3.8, 4) is 0 Å². The van der Waals surface area contributed by atoms with Crippen molar-refractivity contribution in [1.29, 1.82) is 0 Å². The number of nitrogens with zero attached hydrogens (tertiary/aromatic N) is 4. The number of para-hydroxylation sites is 1. The minimum Gasteiger partial charge on any atom is -0.360 e. The van der Waals surface area contributed by atoms with Crippen LogP contribution in [0.4, 0.5) is 15.8 Å². The lowest BCUT2D eigenvalue weighted by Gasteiger charge is -2.36. The first kappa shape index (κ1) is 26.6. The van der Waals surface area contributed by atoms with Gasteiger partial charge in [-0.3, -0.25) is 19.6 Å². The van der Waals surface area contributed by atoms with Gasteiger partial charge in [-0.05, 0) is 50.0 Å². The third kappa shape index (κ3) is 6.27. The van der Waals surface area contributed by atoms with E-state index in [0.717, 1.165) is 31.7 Å². The smallest absolute Gasteiger partial charge is 0.264 e. The van der Waals surface area contributed by atoms with Crippen molar-refractivity contribution in [1.82, 2.24) is 14.8 Å². The number of pyridine rings is 1. The second-order valence-electron chi connectivity index (χ2n) is 8.57. The van der Waals surface area contributed by atoms with Gasteiger partial charge in [0, 0.05) is 61.3 Å². The average Bonchev–Trinajstić information content (AvgIpc) is 2.90. The fourth-order valence-electron chi connectivity index (χ4n) is 4.20. The molecule has 0 saturated carbocycles. The SMILES string of the molecule is C=Nc1c(/C=C\C)cccc1S(=O)(=O)Nc1ccc(C(=S)N2CCN(Cc3ccncc3F)CC2)cc1. The molecule has 0 atom stereocenters. The van der Waals surface area contributed by atoms with Crippen LogP contribution < -0.4 is 4.72 Å². The number of aromatic nitrogens is 1. The summed E-state index contributed by atoms with van der Waals surface area (Å²) in [6.07, 6.45) is 6.44. The van der Waals surface area contributed by atoms with Crippen LogP contribution in [-0.2, 0) is 16.6 Å². The Labute approximate surface area is 222 Å². The van der Waals surface area contributed by atoms with E-state index in [9.17, 15) is 12.8 Å². The predicted octanol–water partition coefficient (Wildman–Crippen LogP) is 4.88. The maximum atomic E-state index is 13.9. The van der Waals surface area contributed by atoms with E-state index in [1.165, 1.54) is 12.3 Å². The maximum absolute atomic E-state index is 13.9. The second kappa shape index (κ2) is 11.7. The Morgan fingerprint density at radius 2 is 1.89 bits per heavy atom. The Balaban J connectivity index is 1.39. The number of aliphatic imine (C=N–C) groups is 1. The number of allylic oxidation sites excluding steroid dienone is 1. The summed E-state index contributed by atoms with van der Waals surface area (Å²) in [6.45, 7) is 8.88. The van der Waals surface area contributed by atoms with Crippen LogP contribution in [0.25, 0.3) is 6.08 Å². The van der Waals surface area contributed by atoms with Crippen molar-refractivity contribution in [3.63, 3.8) is 0 Å². The molecule has 0 aliphatic carbocycles. The van der Waals surface area contributed by atoms with E-state index in [1.807, 2.05) is 25.1 Å². The molecule has 1 N–H and O–H groups in total. The van der Waals surface area contributed by atoms with Crippen molar-refractivity contribution in [3.05, 3.63) is 89.5 Å². The van der Waals surface area contributed by atoms with E-state index >= 15 is 0 Å². The number of rotatable bonds is 8. The first-order valence-electron chi connectivity index (χ1n) is 11.8. The Morgan fingerprint density at radius 3 is 2.54 bits per heavy atom. The highest BCUT2D eigenvalue weighted by atomic mass is 32.2. The van der Waals surface area contributed by atoms with E-state index in [4.69, 9.17) is 12.2 Å². The zero-order valence-electron chi connectivity index (χ0n) is 20.5. The molecule has 2 heterocycles. The molecule has 1 saturated heterocycles. The monoisotopic (exact) mass is 537 g/mol. The van der Waals surface area contributed by atoms with Gasteiger partial charge in [-0.1, -0.05) is 36.5 Å². The molecule has 1 aromatic heterocycles. The number of thiocarbonyl (C=S) groups is 1. The molecule has 1 fully saturated rings. The highest BCUT2D eigenvalue weighted by Gasteiger charge is 2.22. The average molecular weight is 538 g/mol. The number of hydrogen-bond acceptors (Lipinski definition) is 6. The molecule has 0 unspecified atom stereocenters. The van der Waals surface area contributed by atoms with Crippen LogP contribution in [0.5, 0.6) is 0 Å².